The van der Waals surface area contributed by atoms with E-state index in [0.29, 0.717) is 12.2 Å². The molecule has 0 bridgehead atoms. The molecule has 152 valence electrons. The van der Waals surface area contributed by atoms with Gasteiger partial charge in [-0.15, -0.1) is 0 Å². The number of phenolic OH excluding ortho intramolecular Hbond substituents is 1. The van der Waals surface area contributed by atoms with Crippen LogP contribution in [0.4, 0.5) is 0 Å². The van der Waals surface area contributed by atoms with E-state index in [2.05, 4.69) is 12.1 Å². The summed E-state index contributed by atoms with van der Waals surface area (Å²) < 4.78 is 5.27. The number of hydrogen-bond donors (Lipinski definition) is 1. The summed E-state index contributed by atoms with van der Waals surface area (Å²) in [5, 5.41) is 18.4. The molecule has 1 heterocycles. The fraction of sp³-hybridized carbons (Fsp3) is 0.583. The minimum atomic E-state index is -0.315. The van der Waals surface area contributed by atoms with Gasteiger partial charge in [-0.2, -0.15) is 5.26 Å². The lowest BCUT2D eigenvalue weighted by atomic mass is 9.85. The van der Waals surface area contributed by atoms with Gasteiger partial charge >= 0.3 is 0 Å². The van der Waals surface area contributed by atoms with E-state index < -0.39 is 0 Å². The van der Waals surface area contributed by atoms with Crippen LogP contribution < -0.4 is 4.74 Å². The van der Waals surface area contributed by atoms with E-state index in [1.54, 1.807) is 13.2 Å². The summed E-state index contributed by atoms with van der Waals surface area (Å²) >= 11 is 0. The molecule has 28 heavy (non-hydrogen) atoms. The summed E-state index contributed by atoms with van der Waals surface area (Å²) in [6.07, 6.45) is 20.1. The van der Waals surface area contributed by atoms with E-state index in [9.17, 15) is 5.11 Å². The predicted molar refractivity (Wildman–Crippen MR) is 115 cm³/mol. The first-order valence-electron chi connectivity index (χ1n) is 10.7. The van der Waals surface area contributed by atoms with E-state index in [-0.39, 0.29) is 11.3 Å². The maximum atomic E-state index is 9.86. The number of phenols is 1. The van der Waals surface area contributed by atoms with Crippen molar-refractivity contribution in [3.8, 4) is 17.6 Å². The third-order valence-corrected chi connectivity index (χ3v) is 5.54. The van der Waals surface area contributed by atoms with Crippen LogP contribution in [-0.4, -0.2) is 18.4 Å². The predicted octanol–water partition coefficient (Wildman–Crippen LogP) is 6.44. The summed E-state index contributed by atoms with van der Waals surface area (Å²) in [4.78, 5) is 4.74. The SMILES string of the molecule is COc1cc(C2(CCCCCCCCCCCCC#N)C=CC=N2)ccc1O. The molecule has 2 rings (SSSR count). The highest BCUT2D eigenvalue weighted by atomic mass is 16.5. The van der Waals surface area contributed by atoms with Crippen molar-refractivity contribution in [3.05, 3.63) is 35.9 Å². The molecule has 1 aliphatic heterocycles. The number of methoxy groups -OCH3 is 1. The molecule has 1 aromatic carbocycles. The van der Waals surface area contributed by atoms with Crippen LogP contribution in [0.25, 0.3) is 0 Å². The average Bonchev–Trinajstić information content (AvgIpc) is 3.19. The number of hydrogen-bond acceptors (Lipinski definition) is 4. The molecule has 1 aliphatic rings. The Hall–Kier alpha value is -2.28. The fourth-order valence-electron chi connectivity index (χ4n) is 3.84. The van der Waals surface area contributed by atoms with E-state index >= 15 is 0 Å². The van der Waals surface area contributed by atoms with Crippen molar-refractivity contribution in [2.45, 2.75) is 82.6 Å². The van der Waals surface area contributed by atoms with Crippen LogP contribution in [0.5, 0.6) is 11.5 Å². The van der Waals surface area contributed by atoms with Gasteiger partial charge in [0.2, 0.25) is 0 Å². The van der Waals surface area contributed by atoms with Gasteiger partial charge in [-0.25, -0.2) is 0 Å². The van der Waals surface area contributed by atoms with Gasteiger partial charge < -0.3 is 9.84 Å². The third-order valence-electron chi connectivity index (χ3n) is 5.54. The van der Waals surface area contributed by atoms with Crippen LogP contribution in [0.15, 0.2) is 35.3 Å². The van der Waals surface area contributed by atoms with Gasteiger partial charge in [-0.05, 0) is 36.6 Å². The highest BCUT2D eigenvalue weighted by molar-refractivity contribution is 5.76. The number of nitrogens with zero attached hydrogens (tertiary/aromatic N) is 2. The van der Waals surface area contributed by atoms with Crippen molar-refractivity contribution in [1.82, 2.24) is 0 Å². The molecule has 4 heteroatoms. The summed E-state index contributed by atoms with van der Waals surface area (Å²) in [6.45, 7) is 0. The fourth-order valence-corrected chi connectivity index (χ4v) is 3.84. The molecule has 1 aromatic rings. The first-order valence-corrected chi connectivity index (χ1v) is 10.7. The van der Waals surface area contributed by atoms with Crippen molar-refractivity contribution < 1.29 is 9.84 Å². The van der Waals surface area contributed by atoms with Crippen LogP contribution in [0, 0.1) is 11.3 Å². The van der Waals surface area contributed by atoms with Crippen molar-refractivity contribution in [2.24, 2.45) is 4.99 Å². The number of aromatic hydroxyl groups is 1. The van der Waals surface area contributed by atoms with Gasteiger partial charge in [0.05, 0.1) is 13.2 Å². The zero-order chi connectivity index (χ0) is 20.1. The van der Waals surface area contributed by atoms with Gasteiger partial charge in [0.15, 0.2) is 11.5 Å². The van der Waals surface area contributed by atoms with Crippen molar-refractivity contribution in [1.29, 1.82) is 5.26 Å². The standard InChI is InChI=1S/C24H34N2O2/c1-28-23-20-21(14-15-22(23)27)24(17-13-19-26-24)16-11-9-7-5-3-2-4-6-8-10-12-18-25/h13-15,17,19-20,27H,2-12,16H2,1H3. The van der Waals surface area contributed by atoms with Gasteiger partial charge in [-0.1, -0.05) is 69.9 Å². The molecular weight excluding hydrogens is 348 g/mol. The molecule has 1 unspecified atom stereocenters. The first-order chi connectivity index (χ1) is 13.7. The molecule has 1 N–H and O–H groups in total. The Morgan fingerprint density at radius 2 is 1.64 bits per heavy atom. The highest BCUT2D eigenvalue weighted by Gasteiger charge is 2.30. The molecule has 0 aromatic heterocycles. The number of allylic oxidation sites excluding steroid dienone is 1. The van der Waals surface area contributed by atoms with E-state index in [1.165, 1.54) is 51.4 Å². The lowest BCUT2D eigenvalue weighted by Crippen LogP contribution is -2.19. The second-order valence-electron chi connectivity index (χ2n) is 7.64. The molecule has 0 saturated heterocycles. The lowest BCUT2D eigenvalue weighted by molar-refractivity contribution is 0.371. The molecule has 0 fully saturated rings. The molecular formula is C24H34N2O2. The molecule has 0 saturated carbocycles. The quantitative estimate of drug-likeness (QED) is 0.376. The Balaban J connectivity index is 1.66. The second-order valence-corrected chi connectivity index (χ2v) is 7.64. The van der Waals surface area contributed by atoms with Crippen molar-refractivity contribution >= 4 is 6.21 Å². The average molecular weight is 383 g/mol. The molecule has 0 amide bonds. The minimum absolute atomic E-state index is 0.164. The Morgan fingerprint density at radius 3 is 2.21 bits per heavy atom. The van der Waals surface area contributed by atoms with Crippen molar-refractivity contribution in [3.63, 3.8) is 0 Å². The van der Waals surface area contributed by atoms with Crippen LogP contribution in [0.3, 0.4) is 0 Å². The van der Waals surface area contributed by atoms with Gasteiger partial charge in [0.1, 0.15) is 5.54 Å². The zero-order valence-electron chi connectivity index (χ0n) is 17.2. The van der Waals surface area contributed by atoms with Crippen molar-refractivity contribution in [2.75, 3.05) is 7.11 Å². The molecule has 0 aliphatic carbocycles. The van der Waals surface area contributed by atoms with Gasteiger partial charge in [0.25, 0.3) is 0 Å². The number of ether oxygens (including phenoxy) is 1. The van der Waals surface area contributed by atoms with Crippen LogP contribution >= 0.6 is 0 Å². The maximum absolute atomic E-state index is 9.86. The largest absolute Gasteiger partial charge is 0.504 e. The normalized spacial score (nSPS) is 17.7. The summed E-state index contributed by atoms with van der Waals surface area (Å²) in [6, 6.07) is 7.75. The highest BCUT2D eigenvalue weighted by Crippen LogP contribution is 2.39. The van der Waals surface area contributed by atoms with E-state index in [4.69, 9.17) is 15.0 Å². The van der Waals surface area contributed by atoms with Crippen LogP contribution in [0.1, 0.15) is 82.6 Å². The zero-order valence-corrected chi connectivity index (χ0v) is 17.2. The topological polar surface area (TPSA) is 65.6 Å². The number of rotatable bonds is 14. The van der Waals surface area contributed by atoms with Gasteiger partial charge in [-0.3, -0.25) is 4.99 Å². The molecule has 0 spiro atoms. The lowest BCUT2D eigenvalue weighted by Gasteiger charge is -2.25. The van der Waals surface area contributed by atoms with E-state index in [0.717, 1.165) is 24.8 Å². The maximum Gasteiger partial charge on any atom is 0.160 e. The summed E-state index contributed by atoms with van der Waals surface area (Å²) in [7, 11) is 1.57. The smallest absolute Gasteiger partial charge is 0.160 e. The Bertz CT molecular complexity index is 676. The molecule has 0 radical (unpaired) electrons. The number of nitriles is 1. The monoisotopic (exact) mass is 382 g/mol. The second kappa shape index (κ2) is 12.2. The van der Waals surface area contributed by atoms with Crippen LogP contribution in [-0.2, 0) is 5.54 Å². The number of benzene rings is 1. The Labute approximate surface area is 170 Å². The first kappa shape index (κ1) is 22.0. The van der Waals surface area contributed by atoms with Gasteiger partial charge in [0, 0.05) is 12.6 Å². The molecule has 4 nitrogen and oxygen atoms in total. The van der Waals surface area contributed by atoms with E-state index in [1.807, 2.05) is 24.4 Å². The van der Waals surface area contributed by atoms with Crippen LogP contribution in [0.2, 0.25) is 0 Å². The Morgan fingerprint density at radius 1 is 1.00 bits per heavy atom. The molecule has 1 atom stereocenters. The summed E-state index contributed by atoms with van der Waals surface area (Å²) in [5.41, 5.74) is 0.758. The Kier molecular flexibility index (Phi) is 9.62. The minimum Gasteiger partial charge on any atom is -0.504 e. The third kappa shape index (κ3) is 6.71. The number of aliphatic imine (C=N–C) groups is 1. The summed E-state index contributed by atoms with van der Waals surface area (Å²) in [5.74, 6) is 0.664. The number of unbranched alkanes of at least 4 members (excludes halogenated alkanes) is 10.